The second-order valence-electron chi connectivity index (χ2n) is 6.30. The topological polar surface area (TPSA) is 79.6 Å². The van der Waals surface area contributed by atoms with E-state index in [0.29, 0.717) is 6.42 Å². The van der Waals surface area contributed by atoms with Crippen molar-refractivity contribution in [2.75, 3.05) is 25.1 Å². The van der Waals surface area contributed by atoms with Gasteiger partial charge >= 0.3 is 0 Å². The minimum Gasteiger partial charge on any atom is -0.467 e. The summed E-state index contributed by atoms with van der Waals surface area (Å²) in [5.74, 6) is 0.803. The summed E-state index contributed by atoms with van der Waals surface area (Å²) in [6.07, 6.45) is 2.11. The number of carbonyl (C=O) groups excluding carboxylic acids is 1. The third-order valence-electron chi connectivity index (χ3n) is 4.57. The molecule has 1 fully saturated rings. The Morgan fingerprint density at radius 2 is 2.04 bits per heavy atom. The van der Waals surface area contributed by atoms with Gasteiger partial charge in [-0.3, -0.25) is 10.1 Å². The number of furan rings is 1. The lowest BCUT2D eigenvalue weighted by atomic mass is 10.0. The Hall–Kier alpha value is -2.12. The van der Waals surface area contributed by atoms with Crippen molar-refractivity contribution < 1.29 is 17.6 Å². The van der Waals surface area contributed by atoms with E-state index in [9.17, 15) is 13.2 Å². The Morgan fingerprint density at radius 1 is 1.28 bits per heavy atom. The highest BCUT2D eigenvalue weighted by Gasteiger charge is 2.32. The molecule has 1 aliphatic heterocycles. The molecule has 0 unspecified atom stereocenters. The summed E-state index contributed by atoms with van der Waals surface area (Å²) in [6.45, 7) is 0.104. The molecule has 1 amide bonds. The number of rotatable bonds is 6. The highest BCUT2D eigenvalue weighted by molar-refractivity contribution is 7.91. The van der Waals surface area contributed by atoms with Gasteiger partial charge in [0.25, 0.3) is 0 Å². The van der Waals surface area contributed by atoms with Crippen LogP contribution in [0.1, 0.15) is 23.8 Å². The zero-order chi connectivity index (χ0) is 17.9. The van der Waals surface area contributed by atoms with E-state index in [1.54, 1.807) is 18.2 Å². The summed E-state index contributed by atoms with van der Waals surface area (Å²) < 4.78 is 28.7. The molecule has 2 heterocycles. The number of sulfone groups is 1. The zero-order valence-corrected chi connectivity index (χ0v) is 14.9. The molecule has 0 radical (unpaired) electrons. The van der Waals surface area contributed by atoms with Crippen LogP contribution in [0.5, 0.6) is 0 Å². The maximum atomic E-state index is 12.5. The second kappa shape index (κ2) is 7.41. The summed E-state index contributed by atoms with van der Waals surface area (Å²) in [5, 5.41) is 3.23. The van der Waals surface area contributed by atoms with Gasteiger partial charge in [0.15, 0.2) is 9.84 Å². The highest BCUT2D eigenvalue weighted by Crippen LogP contribution is 2.22. The van der Waals surface area contributed by atoms with E-state index in [1.807, 2.05) is 42.5 Å². The average molecular weight is 362 g/mol. The molecule has 0 bridgehead atoms. The monoisotopic (exact) mass is 362 g/mol. The quantitative estimate of drug-likeness (QED) is 0.844. The molecule has 134 valence electrons. The van der Waals surface area contributed by atoms with Gasteiger partial charge in [-0.15, -0.1) is 0 Å². The van der Waals surface area contributed by atoms with Gasteiger partial charge in [-0.05, 0) is 24.1 Å². The van der Waals surface area contributed by atoms with E-state index < -0.39 is 9.84 Å². The second-order valence-corrected chi connectivity index (χ2v) is 8.53. The van der Waals surface area contributed by atoms with Crippen molar-refractivity contribution >= 4 is 15.7 Å². The normalized spacial score (nSPS) is 20.3. The first-order valence-corrected chi connectivity index (χ1v) is 10.1. The molecule has 1 aromatic heterocycles. The fraction of sp³-hybridized carbons (Fsp3) is 0.389. The van der Waals surface area contributed by atoms with Crippen molar-refractivity contribution in [3.63, 3.8) is 0 Å². The Kier molecular flexibility index (Phi) is 5.24. The maximum Gasteiger partial charge on any atom is 0.236 e. The molecule has 0 saturated carbocycles. The van der Waals surface area contributed by atoms with E-state index in [4.69, 9.17) is 4.42 Å². The molecule has 2 aromatic rings. The van der Waals surface area contributed by atoms with Gasteiger partial charge in [0.1, 0.15) is 5.76 Å². The standard InChI is InChI=1S/C18H22N2O4S/c1-20(15-9-11-25(22,23)13-15)17(21)12-19-18(16-8-5-10-24-16)14-6-3-2-4-7-14/h2-8,10,15,18-19H,9,11-13H2,1H3/t15-,18+/m1/s1. The lowest BCUT2D eigenvalue weighted by molar-refractivity contribution is -0.130. The Labute approximate surface area is 147 Å². The van der Waals surface area contributed by atoms with Gasteiger partial charge in [-0.1, -0.05) is 30.3 Å². The van der Waals surface area contributed by atoms with Crippen molar-refractivity contribution in [3.05, 3.63) is 60.1 Å². The van der Waals surface area contributed by atoms with Crippen LogP contribution in [-0.4, -0.2) is 50.4 Å². The molecule has 0 aliphatic carbocycles. The van der Waals surface area contributed by atoms with Crippen molar-refractivity contribution in [2.24, 2.45) is 0 Å². The minimum atomic E-state index is -3.01. The number of benzene rings is 1. The number of nitrogens with zero attached hydrogens (tertiary/aromatic N) is 1. The Morgan fingerprint density at radius 3 is 2.64 bits per heavy atom. The lowest BCUT2D eigenvalue weighted by Crippen LogP contribution is -2.43. The lowest BCUT2D eigenvalue weighted by Gasteiger charge is -2.25. The summed E-state index contributed by atoms with van der Waals surface area (Å²) in [6, 6.07) is 12.9. The summed E-state index contributed by atoms with van der Waals surface area (Å²) in [7, 11) is -1.35. The van der Waals surface area contributed by atoms with Gasteiger partial charge in [-0.2, -0.15) is 0 Å². The molecule has 1 saturated heterocycles. The van der Waals surface area contributed by atoms with Crippen LogP contribution in [0.2, 0.25) is 0 Å². The Bertz CT molecular complexity index is 803. The highest BCUT2D eigenvalue weighted by atomic mass is 32.2. The van der Waals surface area contributed by atoms with E-state index in [1.165, 1.54) is 0 Å². The molecular formula is C18H22N2O4S. The fourth-order valence-corrected chi connectivity index (χ4v) is 4.86. The van der Waals surface area contributed by atoms with Crippen LogP contribution in [0, 0.1) is 0 Å². The number of carbonyl (C=O) groups is 1. The van der Waals surface area contributed by atoms with Crippen molar-refractivity contribution in [3.8, 4) is 0 Å². The van der Waals surface area contributed by atoms with Crippen LogP contribution in [0.15, 0.2) is 53.1 Å². The van der Waals surface area contributed by atoms with Gasteiger partial charge in [0, 0.05) is 13.1 Å². The first-order chi connectivity index (χ1) is 12.0. The number of amides is 1. The smallest absolute Gasteiger partial charge is 0.236 e. The predicted octanol–water partition coefficient (Wildman–Crippen LogP) is 1.60. The molecule has 25 heavy (non-hydrogen) atoms. The van der Waals surface area contributed by atoms with Crippen LogP contribution < -0.4 is 5.32 Å². The van der Waals surface area contributed by atoms with Gasteiger partial charge in [-0.25, -0.2) is 8.42 Å². The maximum absolute atomic E-state index is 12.5. The van der Waals surface area contributed by atoms with Crippen molar-refractivity contribution in [1.29, 1.82) is 0 Å². The SMILES string of the molecule is CN(C(=O)CN[C@@H](c1ccccc1)c1ccco1)[C@@H]1CCS(=O)(=O)C1. The van der Waals surface area contributed by atoms with Gasteiger partial charge in [0.2, 0.25) is 5.91 Å². The molecule has 1 aromatic carbocycles. The van der Waals surface area contributed by atoms with E-state index >= 15 is 0 Å². The molecule has 6 nitrogen and oxygen atoms in total. The predicted molar refractivity (Wildman–Crippen MR) is 94.8 cm³/mol. The molecule has 0 spiro atoms. The van der Waals surface area contributed by atoms with Crippen LogP contribution in [0.3, 0.4) is 0 Å². The zero-order valence-electron chi connectivity index (χ0n) is 14.1. The van der Waals surface area contributed by atoms with Crippen LogP contribution in [-0.2, 0) is 14.6 Å². The third kappa shape index (κ3) is 4.29. The minimum absolute atomic E-state index is 0.0511. The van der Waals surface area contributed by atoms with E-state index in [-0.39, 0.29) is 36.0 Å². The Balaban J connectivity index is 1.66. The van der Waals surface area contributed by atoms with E-state index in [0.717, 1.165) is 11.3 Å². The number of likely N-dealkylation sites (N-methyl/N-ethyl adjacent to an activating group) is 1. The summed E-state index contributed by atoms with van der Waals surface area (Å²) >= 11 is 0. The van der Waals surface area contributed by atoms with Gasteiger partial charge < -0.3 is 9.32 Å². The molecule has 3 rings (SSSR count). The molecule has 7 heteroatoms. The van der Waals surface area contributed by atoms with Crippen LogP contribution in [0.25, 0.3) is 0 Å². The van der Waals surface area contributed by atoms with Crippen molar-refractivity contribution in [1.82, 2.24) is 10.2 Å². The summed E-state index contributed by atoms with van der Waals surface area (Å²) in [4.78, 5) is 14.0. The first kappa shape index (κ1) is 17.7. The molecule has 1 N–H and O–H groups in total. The number of hydrogen-bond donors (Lipinski definition) is 1. The fourth-order valence-electron chi connectivity index (χ4n) is 3.08. The first-order valence-electron chi connectivity index (χ1n) is 8.24. The van der Waals surface area contributed by atoms with Crippen molar-refractivity contribution in [2.45, 2.75) is 18.5 Å². The molecule has 1 aliphatic rings. The number of hydrogen-bond acceptors (Lipinski definition) is 5. The largest absolute Gasteiger partial charge is 0.467 e. The van der Waals surface area contributed by atoms with Crippen LogP contribution >= 0.6 is 0 Å². The van der Waals surface area contributed by atoms with E-state index in [2.05, 4.69) is 5.32 Å². The third-order valence-corrected chi connectivity index (χ3v) is 6.32. The van der Waals surface area contributed by atoms with Crippen LogP contribution in [0.4, 0.5) is 0 Å². The average Bonchev–Trinajstić information content (AvgIpc) is 3.25. The summed E-state index contributed by atoms with van der Waals surface area (Å²) in [5.41, 5.74) is 0.997. The number of nitrogens with one attached hydrogen (secondary N) is 1. The molecule has 2 atom stereocenters. The molecular weight excluding hydrogens is 340 g/mol. The van der Waals surface area contributed by atoms with Gasteiger partial charge in [0.05, 0.1) is 30.4 Å².